The van der Waals surface area contributed by atoms with Crippen LogP contribution in [-0.4, -0.2) is 159 Å². The van der Waals surface area contributed by atoms with E-state index >= 15 is 0 Å². The summed E-state index contributed by atoms with van der Waals surface area (Å²) >= 11 is 0. The van der Waals surface area contributed by atoms with Crippen LogP contribution in [0.3, 0.4) is 0 Å². The van der Waals surface area contributed by atoms with Gasteiger partial charge in [0.25, 0.3) is 23.6 Å². The lowest BCUT2D eigenvalue weighted by Crippen LogP contribution is -2.54. The van der Waals surface area contributed by atoms with E-state index in [-0.39, 0.29) is 98.4 Å². The van der Waals surface area contributed by atoms with Crippen LogP contribution in [0.1, 0.15) is 84.7 Å². The molecule has 4 atom stereocenters. The van der Waals surface area contributed by atoms with Crippen LogP contribution in [0.5, 0.6) is 23.0 Å². The first kappa shape index (κ1) is 67.1. The lowest BCUT2D eigenvalue weighted by atomic mass is 9.98. The standard InChI is InChI=1S/C68H87N7O14Si2/c1-42(2)61(71-68(82)89-39-52-48-22-15-13-20-46(48)47-21-14-16-23-49(47)52)63(77)70-44(4)62(76)69-24-17-19-45-32-56-67(81)75(41-86-28-30-91(10,11)12)54-36-60(58(84-6)34-51(54)65(79)73(56)38-45)88-26-18-25-87-59-35-53-50(33-57(59)83-5)64(78)72-37-43(3)31-55(72)66(80)74(53)40-85-27-29-90(7,8)9/h13-17,19-23,33-38,42,44,52,55-56,61H,18,24-32,39-41H2,1-12H3,(H,69,76)(H,70,77)(H,71,82)/b19-17+/t44-,55-,56-,61+/m0/s1. The molecule has 0 bridgehead atoms. The van der Waals surface area contributed by atoms with Gasteiger partial charge in [-0.05, 0) is 78.2 Å². The Morgan fingerprint density at radius 3 is 1.64 bits per heavy atom. The number of hydrogen-bond acceptors (Lipinski definition) is 14. The Bertz CT molecular complexity index is 3470. The van der Waals surface area contributed by atoms with Gasteiger partial charge in [-0.2, -0.15) is 0 Å². The summed E-state index contributed by atoms with van der Waals surface area (Å²) in [6.07, 6.45) is 7.02. The Labute approximate surface area is 535 Å². The molecule has 0 saturated carbocycles. The fourth-order valence-corrected chi connectivity index (χ4v) is 13.1. The number of allylic oxidation sites excluding steroid dienone is 1. The van der Waals surface area contributed by atoms with Crippen LogP contribution >= 0.6 is 0 Å². The van der Waals surface area contributed by atoms with Crippen molar-refractivity contribution in [3.8, 4) is 34.1 Å². The van der Waals surface area contributed by atoms with Gasteiger partial charge in [-0.3, -0.25) is 38.6 Å². The van der Waals surface area contributed by atoms with Crippen molar-refractivity contribution in [3.63, 3.8) is 0 Å². The number of amides is 7. The highest BCUT2D eigenvalue weighted by atomic mass is 28.3. The van der Waals surface area contributed by atoms with Crippen LogP contribution in [0.15, 0.2) is 108 Å². The van der Waals surface area contributed by atoms with Crippen LogP contribution in [0.4, 0.5) is 16.2 Å². The molecule has 3 N–H and O–H groups in total. The molecule has 4 aromatic rings. The van der Waals surface area contributed by atoms with Gasteiger partial charge in [0.1, 0.15) is 44.2 Å². The molecule has 0 fully saturated rings. The van der Waals surface area contributed by atoms with Crippen molar-refractivity contribution in [2.75, 3.05) is 77.1 Å². The Kier molecular flexibility index (Phi) is 21.3. The third-order valence-electron chi connectivity index (χ3n) is 16.7. The van der Waals surface area contributed by atoms with Gasteiger partial charge >= 0.3 is 6.09 Å². The number of carbonyl (C=O) groups excluding carboxylic acids is 7. The van der Waals surface area contributed by atoms with Gasteiger partial charge in [-0.25, -0.2) is 4.79 Å². The zero-order chi connectivity index (χ0) is 65.5. The van der Waals surface area contributed by atoms with Crippen LogP contribution in [-0.2, 0) is 33.4 Å². The Balaban J connectivity index is 0.821. The average Bonchev–Trinajstić information content (AvgIpc) is 1.68. The summed E-state index contributed by atoms with van der Waals surface area (Å²) < 4.78 is 42.2. The number of hydrogen-bond donors (Lipinski definition) is 3. The normalized spacial score (nSPS) is 17.7. The summed E-state index contributed by atoms with van der Waals surface area (Å²) in [7, 11) is -0.00219. The molecule has 0 spiro atoms. The van der Waals surface area contributed by atoms with Crippen LogP contribution in [0.25, 0.3) is 11.1 Å². The SMILES string of the molecule is COc1cc2c(cc1OCCCOc1cc3c(cc1OC)C(=O)N1C=C(/C=C/CNC(=O)[C@H](C)NC(=O)[C@H](NC(=O)OCC4c5ccccc5-c5ccccc54)C(C)C)C[C@H]1C(=O)N3COCC[Si](C)(C)C)N(COCC[Si](C)(C)C)C(=O)[C@@H]1CC(C)=CN1C2=O. The molecule has 0 saturated heterocycles. The maximum Gasteiger partial charge on any atom is 0.407 e. The third kappa shape index (κ3) is 15.7. The summed E-state index contributed by atoms with van der Waals surface area (Å²) in [4.78, 5) is 104. The van der Waals surface area contributed by atoms with Gasteiger partial charge < -0.3 is 58.9 Å². The van der Waals surface area contributed by atoms with Crippen LogP contribution in [0.2, 0.25) is 51.4 Å². The second-order valence-corrected chi connectivity index (χ2v) is 37.7. The van der Waals surface area contributed by atoms with E-state index in [2.05, 4.69) is 67.4 Å². The lowest BCUT2D eigenvalue weighted by Gasteiger charge is -2.27. The van der Waals surface area contributed by atoms with Gasteiger partial charge in [-0.1, -0.05) is 119 Å². The second-order valence-electron chi connectivity index (χ2n) is 26.4. The van der Waals surface area contributed by atoms with Gasteiger partial charge in [0, 0.05) is 79.2 Å². The van der Waals surface area contributed by atoms with E-state index in [1.165, 1.54) is 33.8 Å². The number of rotatable bonds is 28. The highest BCUT2D eigenvalue weighted by Crippen LogP contribution is 2.46. The molecule has 486 valence electrons. The molecule has 0 aromatic heterocycles. The predicted octanol–water partition coefficient (Wildman–Crippen LogP) is 9.83. The Morgan fingerprint density at radius 2 is 1.13 bits per heavy atom. The second kappa shape index (κ2) is 28.9. The molecule has 0 radical (unpaired) electrons. The van der Waals surface area contributed by atoms with Crippen LogP contribution < -0.4 is 44.7 Å². The summed E-state index contributed by atoms with van der Waals surface area (Å²) in [5.74, 6) is -1.70. The van der Waals surface area contributed by atoms with Crippen LogP contribution in [0, 0.1) is 5.92 Å². The number of methoxy groups -OCH3 is 2. The topological polar surface area (TPSA) is 233 Å². The fourth-order valence-electron chi connectivity index (χ4n) is 11.6. The number of anilines is 2. The Morgan fingerprint density at radius 1 is 0.626 bits per heavy atom. The smallest absolute Gasteiger partial charge is 0.407 e. The van der Waals surface area contributed by atoms with Crippen molar-refractivity contribution in [2.45, 2.75) is 128 Å². The number of ether oxygens (including phenoxy) is 7. The summed E-state index contributed by atoms with van der Waals surface area (Å²) in [5, 5.41) is 8.23. The molecule has 5 aliphatic rings. The van der Waals surface area contributed by atoms with Gasteiger partial charge in [-0.15, -0.1) is 0 Å². The maximum absolute atomic E-state index is 14.8. The molecule has 23 heteroatoms. The van der Waals surface area contributed by atoms with Crippen molar-refractivity contribution >= 4 is 69.1 Å². The van der Waals surface area contributed by atoms with Crippen molar-refractivity contribution < 1.29 is 66.7 Å². The van der Waals surface area contributed by atoms with E-state index in [0.717, 1.165) is 39.9 Å². The molecule has 4 aliphatic heterocycles. The zero-order valence-corrected chi connectivity index (χ0v) is 56.4. The number of alkyl carbamates (subject to hydrolysis) is 1. The van der Waals surface area contributed by atoms with Gasteiger partial charge in [0.05, 0.1) is 49.9 Å². The van der Waals surface area contributed by atoms with Crippen molar-refractivity contribution in [2.24, 2.45) is 5.92 Å². The van der Waals surface area contributed by atoms with Crippen molar-refractivity contribution in [3.05, 3.63) is 131 Å². The molecule has 4 heterocycles. The zero-order valence-electron chi connectivity index (χ0n) is 54.4. The molecule has 7 amide bonds. The van der Waals surface area contributed by atoms with Crippen molar-refractivity contribution in [1.82, 2.24) is 25.8 Å². The molecular formula is C68H87N7O14Si2. The molecule has 9 rings (SSSR count). The number of benzene rings is 4. The van der Waals surface area contributed by atoms with Crippen molar-refractivity contribution in [1.29, 1.82) is 0 Å². The first-order valence-corrected chi connectivity index (χ1v) is 38.6. The molecule has 91 heavy (non-hydrogen) atoms. The average molecular weight is 1280 g/mol. The van der Waals surface area contributed by atoms with E-state index < -0.39 is 64.1 Å². The fraction of sp³-hybridized carbons (Fsp3) is 0.456. The lowest BCUT2D eigenvalue weighted by molar-refractivity contribution is -0.130. The number of nitrogens with one attached hydrogen (secondary N) is 3. The maximum atomic E-state index is 14.8. The summed E-state index contributed by atoms with van der Waals surface area (Å²) in [6, 6.07) is 20.7. The van der Waals surface area contributed by atoms with E-state index in [1.54, 1.807) is 69.6 Å². The minimum absolute atomic E-state index is 0.0339. The number of fused-ring (bicyclic) bond motifs is 7. The molecule has 0 unspecified atom stereocenters. The predicted molar refractivity (Wildman–Crippen MR) is 352 cm³/mol. The first-order chi connectivity index (χ1) is 43.4. The van der Waals surface area contributed by atoms with E-state index in [4.69, 9.17) is 33.2 Å². The van der Waals surface area contributed by atoms with Gasteiger partial charge in [0.2, 0.25) is 11.8 Å². The van der Waals surface area contributed by atoms with E-state index in [0.29, 0.717) is 54.5 Å². The molecule has 21 nitrogen and oxygen atoms in total. The highest BCUT2D eigenvalue weighted by molar-refractivity contribution is 6.76. The largest absolute Gasteiger partial charge is 0.493 e. The summed E-state index contributed by atoms with van der Waals surface area (Å²) in [6.45, 7) is 21.6. The molecular weight excluding hydrogens is 1190 g/mol. The minimum atomic E-state index is -1.52. The van der Waals surface area contributed by atoms with Gasteiger partial charge in [0.15, 0.2) is 23.0 Å². The third-order valence-corrected chi connectivity index (χ3v) is 20.1. The monoisotopic (exact) mass is 1280 g/mol. The number of nitrogens with zero attached hydrogens (tertiary/aromatic N) is 4. The first-order valence-electron chi connectivity index (χ1n) is 31.2. The highest BCUT2D eigenvalue weighted by Gasteiger charge is 2.45. The minimum Gasteiger partial charge on any atom is -0.493 e. The Hall–Kier alpha value is -8.26. The quantitative estimate of drug-likeness (QED) is 0.0355. The number of carbonyl (C=O) groups is 7. The molecule has 1 aliphatic carbocycles. The van der Waals surface area contributed by atoms with E-state index in [9.17, 15) is 33.6 Å². The summed E-state index contributed by atoms with van der Waals surface area (Å²) in [5.41, 5.74) is 7.06. The van der Waals surface area contributed by atoms with E-state index in [1.807, 2.05) is 43.3 Å². The molecule has 4 aromatic carbocycles.